The third-order valence-corrected chi connectivity index (χ3v) is 5.15. The van der Waals surface area contributed by atoms with E-state index >= 15 is 0 Å². The van der Waals surface area contributed by atoms with Crippen LogP contribution in [0.3, 0.4) is 0 Å². The molecule has 0 aliphatic heterocycles. The zero-order valence-electron chi connectivity index (χ0n) is 14.8. The number of nitrogens with one attached hydrogen (secondary N) is 3. The van der Waals surface area contributed by atoms with E-state index in [1.54, 1.807) is 25.1 Å². The van der Waals surface area contributed by atoms with Crippen molar-refractivity contribution in [2.45, 2.75) is 25.7 Å². The van der Waals surface area contributed by atoms with Crippen LogP contribution in [0.2, 0.25) is 5.02 Å². The van der Waals surface area contributed by atoms with E-state index in [9.17, 15) is 13.2 Å². The lowest BCUT2D eigenvalue weighted by Crippen LogP contribution is -2.31. The molecule has 0 spiro atoms. The molecule has 2 amide bonds. The molecule has 2 aromatic carbocycles. The lowest BCUT2D eigenvalue weighted by atomic mass is 10.2. The number of sulfonamides is 1. The standard InChI is InChI=1S/C18H22ClN3O3S/c1-12(2)11-20-18(23)21-15-6-8-16(9-7-15)26(24,25)22-17-10-14(19)5-4-13(17)3/h4-10,12,22H,11H2,1-3H3,(H2,20,21,23). The Labute approximate surface area is 159 Å². The van der Waals surface area contributed by atoms with Gasteiger partial charge in [0.2, 0.25) is 0 Å². The van der Waals surface area contributed by atoms with Crippen molar-refractivity contribution in [2.75, 3.05) is 16.6 Å². The van der Waals surface area contributed by atoms with Crippen molar-refractivity contribution in [1.29, 1.82) is 0 Å². The van der Waals surface area contributed by atoms with Gasteiger partial charge in [0.15, 0.2) is 0 Å². The highest BCUT2D eigenvalue weighted by atomic mass is 35.5. The van der Waals surface area contributed by atoms with E-state index in [0.29, 0.717) is 28.9 Å². The first kappa shape index (κ1) is 20.1. The molecule has 0 aliphatic carbocycles. The molecule has 26 heavy (non-hydrogen) atoms. The van der Waals surface area contributed by atoms with Crippen molar-refractivity contribution in [3.05, 3.63) is 53.1 Å². The van der Waals surface area contributed by atoms with Crippen molar-refractivity contribution in [3.63, 3.8) is 0 Å². The van der Waals surface area contributed by atoms with Gasteiger partial charge >= 0.3 is 6.03 Å². The molecule has 140 valence electrons. The van der Waals surface area contributed by atoms with Crippen LogP contribution in [-0.2, 0) is 10.0 Å². The Kier molecular flexibility index (Phi) is 6.50. The van der Waals surface area contributed by atoms with Gasteiger partial charge in [-0.15, -0.1) is 0 Å². The van der Waals surface area contributed by atoms with Crippen molar-refractivity contribution in [3.8, 4) is 0 Å². The molecule has 0 aliphatic rings. The molecule has 6 nitrogen and oxygen atoms in total. The van der Waals surface area contributed by atoms with E-state index < -0.39 is 10.0 Å². The van der Waals surface area contributed by atoms with Crippen LogP contribution in [-0.4, -0.2) is 21.0 Å². The monoisotopic (exact) mass is 395 g/mol. The molecule has 0 saturated carbocycles. The van der Waals surface area contributed by atoms with Crippen LogP contribution in [0, 0.1) is 12.8 Å². The number of hydrogen-bond acceptors (Lipinski definition) is 3. The maximum Gasteiger partial charge on any atom is 0.319 e. The number of amides is 2. The lowest BCUT2D eigenvalue weighted by molar-refractivity contribution is 0.251. The van der Waals surface area contributed by atoms with Crippen LogP contribution in [0.25, 0.3) is 0 Å². The Bertz CT molecular complexity index is 881. The second-order valence-electron chi connectivity index (χ2n) is 6.32. The van der Waals surface area contributed by atoms with Gasteiger partial charge in [0.25, 0.3) is 10.0 Å². The maximum absolute atomic E-state index is 12.5. The number of hydrogen-bond donors (Lipinski definition) is 3. The zero-order chi connectivity index (χ0) is 19.3. The molecule has 0 bridgehead atoms. The largest absolute Gasteiger partial charge is 0.338 e. The fourth-order valence-electron chi connectivity index (χ4n) is 2.10. The van der Waals surface area contributed by atoms with Gasteiger partial charge in [0.05, 0.1) is 10.6 Å². The minimum atomic E-state index is -3.76. The van der Waals surface area contributed by atoms with Crippen LogP contribution >= 0.6 is 11.6 Å². The molecule has 0 unspecified atom stereocenters. The highest BCUT2D eigenvalue weighted by molar-refractivity contribution is 7.92. The first-order valence-electron chi connectivity index (χ1n) is 8.11. The van der Waals surface area contributed by atoms with Gasteiger partial charge in [-0.2, -0.15) is 0 Å². The van der Waals surface area contributed by atoms with Crippen molar-refractivity contribution < 1.29 is 13.2 Å². The van der Waals surface area contributed by atoms with Gasteiger partial charge in [0, 0.05) is 17.3 Å². The fourth-order valence-corrected chi connectivity index (χ4v) is 3.39. The highest BCUT2D eigenvalue weighted by Crippen LogP contribution is 2.24. The van der Waals surface area contributed by atoms with Gasteiger partial charge in [-0.25, -0.2) is 13.2 Å². The van der Waals surface area contributed by atoms with E-state index in [-0.39, 0.29) is 10.9 Å². The van der Waals surface area contributed by atoms with Crippen molar-refractivity contribution in [2.24, 2.45) is 5.92 Å². The average molecular weight is 396 g/mol. The summed E-state index contributed by atoms with van der Waals surface area (Å²) >= 11 is 5.93. The van der Waals surface area contributed by atoms with Crippen molar-refractivity contribution in [1.82, 2.24) is 5.32 Å². The molecule has 0 saturated heterocycles. The molecular formula is C18H22ClN3O3S. The summed E-state index contributed by atoms with van der Waals surface area (Å²) in [5, 5.41) is 5.83. The fraction of sp³-hybridized carbons (Fsp3) is 0.278. The molecular weight excluding hydrogens is 374 g/mol. The van der Waals surface area contributed by atoms with E-state index in [4.69, 9.17) is 11.6 Å². The predicted octanol–water partition coefficient (Wildman–Crippen LogP) is 4.23. The summed E-state index contributed by atoms with van der Waals surface area (Å²) in [6.07, 6.45) is 0. The summed E-state index contributed by atoms with van der Waals surface area (Å²) in [6, 6.07) is 10.6. The normalized spacial score (nSPS) is 11.3. The van der Waals surface area contributed by atoms with E-state index in [1.165, 1.54) is 24.3 Å². The maximum atomic E-state index is 12.5. The van der Waals surface area contributed by atoms with Crippen molar-refractivity contribution >= 4 is 39.0 Å². The van der Waals surface area contributed by atoms with Crippen LogP contribution in [0.4, 0.5) is 16.2 Å². The topological polar surface area (TPSA) is 87.3 Å². The molecule has 2 aromatic rings. The summed E-state index contributed by atoms with van der Waals surface area (Å²) in [6.45, 7) is 6.33. The van der Waals surface area contributed by atoms with Gasteiger partial charge in [0.1, 0.15) is 0 Å². The zero-order valence-corrected chi connectivity index (χ0v) is 16.4. The molecule has 8 heteroatoms. The number of rotatable bonds is 6. The number of carbonyl (C=O) groups excluding carboxylic acids is 1. The quantitative estimate of drug-likeness (QED) is 0.684. The number of carbonyl (C=O) groups is 1. The minimum absolute atomic E-state index is 0.0880. The average Bonchev–Trinajstić information content (AvgIpc) is 2.56. The van der Waals surface area contributed by atoms with Gasteiger partial charge in [-0.1, -0.05) is 31.5 Å². The Morgan fingerprint density at radius 1 is 1.12 bits per heavy atom. The third-order valence-electron chi connectivity index (χ3n) is 3.54. The molecule has 3 N–H and O–H groups in total. The predicted molar refractivity (Wildman–Crippen MR) is 105 cm³/mol. The molecule has 0 fully saturated rings. The summed E-state index contributed by atoms with van der Waals surface area (Å²) in [5.74, 6) is 0.342. The molecule has 0 radical (unpaired) electrons. The summed E-state index contributed by atoms with van der Waals surface area (Å²) in [7, 11) is -3.76. The van der Waals surface area contributed by atoms with Gasteiger partial charge < -0.3 is 10.6 Å². The molecule has 0 aromatic heterocycles. The third kappa shape index (κ3) is 5.64. The van der Waals surface area contributed by atoms with Crippen LogP contribution in [0.1, 0.15) is 19.4 Å². The molecule has 0 atom stereocenters. The lowest BCUT2D eigenvalue weighted by Gasteiger charge is -2.12. The Morgan fingerprint density at radius 2 is 1.77 bits per heavy atom. The van der Waals surface area contributed by atoms with Crippen LogP contribution in [0.5, 0.6) is 0 Å². The number of halogens is 1. The van der Waals surface area contributed by atoms with Gasteiger partial charge in [-0.05, 0) is 54.8 Å². The smallest absolute Gasteiger partial charge is 0.319 e. The second-order valence-corrected chi connectivity index (χ2v) is 8.44. The summed E-state index contributed by atoms with van der Waals surface area (Å²) in [5.41, 5.74) is 1.69. The van der Waals surface area contributed by atoms with E-state index in [2.05, 4.69) is 15.4 Å². The minimum Gasteiger partial charge on any atom is -0.338 e. The SMILES string of the molecule is Cc1ccc(Cl)cc1NS(=O)(=O)c1ccc(NC(=O)NCC(C)C)cc1. The first-order chi connectivity index (χ1) is 12.2. The number of anilines is 2. The molecule has 0 heterocycles. The molecule has 2 rings (SSSR count). The number of benzene rings is 2. The highest BCUT2D eigenvalue weighted by Gasteiger charge is 2.15. The Hall–Kier alpha value is -2.25. The van der Waals surface area contributed by atoms with Crippen LogP contribution in [0.15, 0.2) is 47.4 Å². The number of urea groups is 1. The van der Waals surface area contributed by atoms with Crippen LogP contribution < -0.4 is 15.4 Å². The Balaban J connectivity index is 2.09. The second kappa shape index (κ2) is 8.42. The van der Waals surface area contributed by atoms with E-state index in [1.807, 2.05) is 13.8 Å². The van der Waals surface area contributed by atoms with E-state index in [0.717, 1.165) is 5.56 Å². The summed E-state index contributed by atoms with van der Waals surface area (Å²) in [4.78, 5) is 11.8. The summed E-state index contributed by atoms with van der Waals surface area (Å²) < 4.78 is 27.6. The Morgan fingerprint density at radius 3 is 2.38 bits per heavy atom. The van der Waals surface area contributed by atoms with Gasteiger partial charge in [-0.3, -0.25) is 4.72 Å². The first-order valence-corrected chi connectivity index (χ1v) is 9.97. The number of aryl methyl sites for hydroxylation is 1.